The maximum atomic E-state index is 2.49. The van der Waals surface area contributed by atoms with Crippen LogP contribution in [0.2, 0.25) is 0 Å². The summed E-state index contributed by atoms with van der Waals surface area (Å²) in [5.41, 5.74) is 0. The van der Waals surface area contributed by atoms with Crippen LogP contribution in [0.5, 0.6) is 0 Å². The van der Waals surface area contributed by atoms with Crippen molar-refractivity contribution in [2.45, 2.75) is 39.5 Å². The Morgan fingerprint density at radius 2 is 1.50 bits per heavy atom. The molecule has 3 rings (SSSR count). The van der Waals surface area contributed by atoms with E-state index in [0.717, 1.165) is 29.6 Å². The molecule has 0 spiro atoms. The molecule has 12 heavy (non-hydrogen) atoms. The van der Waals surface area contributed by atoms with Gasteiger partial charge in [0.25, 0.3) is 0 Å². The highest BCUT2D eigenvalue weighted by molar-refractivity contribution is 5.03. The van der Waals surface area contributed by atoms with Crippen molar-refractivity contribution in [2.75, 3.05) is 0 Å². The van der Waals surface area contributed by atoms with E-state index in [0.29, 0.717) is 0 Å². The summed E-state index contributed by atoms with van der Waals surface area (Å²) in [6.07, 6.45) is 6.27. The van der Waals surface area contributed by atoms with Crippen LogP contribution in [0.25, 0.3) is 0 Å². The van der Waals surface area contributed by atoms with Crippen molar-refractivity contribution in [3.05, 3.63) is 0 Å². The van der Waals surface area contributed by atoms with Crippen LogP contribution in [0, 0.1) is 35.5 Å². The fourth-order valence-corrected chi connectivity index (χ4v) is 4.61. The lowest BCUT2D eigenvalue weighted by Gasteiger charge is -2.49. The van der Waals surface area contributed by atoms with Crippen molar-refractivity contribution in [1.82, 2.24) is 0 Å². The lowest BCUT2D eigenvalue weighted by Crippen LogP contribution is -2.42. The lowest BCUT2D eigenvalue weighted by atomic mass is 9.56. The van der Waals surface area contributed by atoms with Crippen LogP contribution < -0.4 is 0 Å². The highest BCUT2D eigenvalue weighted by atomic mass is 14.6. The largest absolute Gasteiger partial charge is 0.0625 e. The Hall–Kier alpha value is 0. The summed E-state index contributed by atoms with van der Waals surface area (Å²) in [5.74, 6) is 6.77. The molecule has 3 aliphatic rings. The molecule has 0 N–H and O–H groups in total. The van der Waals surface area contributed by atoms with E-state index in [1.807, 2.05) is 0 Å². The van der Waals surface area contributed by atoms with Crippen LogP contribution in [0.1, 0.15) is 39.5 Å². The quantitative estimate of drug-likeness (QED) is 0.515. The Morgan fingerprint density at radius 1 is 0.833 bits per heavy atom. The van der Waals surface area contributed by atoms with Gasteiger partial charge in [-0.15, -0.1) is 0 Å². The molecule has 3 aliphatic carbocycles. The van der Waals surface area contributed by atoms with Gasteiger partial charge in [-0.2, -0.15) is 0 Å². The Kier molecular flexibility index (Phi) is 1.40. The van der Waals surface area contributed by atoms with Crippen LogP contribution in [-0.2, 0) is 0 Å². The zero-order valence-corrected chi connectivity index (χ0v) is 8.29. The number of rotatable bonds is 0. The third-order valence-electron chi connectivity index (χ3n) is 4.97. The maximum absolute atomic E-state index is 2.49. The molecule has 3 fully saturated rings. The third-order valence-corrected chi connectivity index (χ3v) is 4.97. The van der Waals surface area contributed by atoms with Gasteiger partial charge in [0, 0.05) is 0 Å². The van der Waals surface area contributed by atoms with E-state index in [9.17, 15) is 0 Å². The van der Waals surface area contributed by atoms with Gasteiger partial charge >= 0.3 is 0 Å². The van der Waals surface area contributed by atoms with Gasteiger partial charge in [0.2, 0.25) is 0 Å². The zero-order chi connectivity index (χ0) is 8.29. The predicted molar refractivity (Wildman–Crippen MR) is 50.8 cm³/mol. The summed E-state index contributed by atoms with van der Waals surface area (Å²) in [5, 5.41) is 0. The van der Waals surface area contributed by atoms with Gasteiger partial charge in [-0.3, -0.25) is 0 Å². The highest BCUT2D eigenvalue weighted by Gasteiger charge is 2.54. The van der Waals surface area contributed by atoms with E-state index in [4.69, 9.17) is 0 Å². The minimum absolute atomic E-state index is 1.04. The average Bonchev–Trinajstić information content (AvgIpc) is 2.19. The zero-order valence-electron chi connectivity index (χ0n) is 8.29. The lowest BCUT2D eigenvalue weighted by molar-refractivity contribution is -0.00342. The Balaban J connectivity index is 1.83. The van der Waals surface area contributed by atoms with Crippen molar-refractivity contribution in [3.63, 3.8) is 0 Å². The maximum Gasteiger partial charge on any atom is -0.0326 e. The topological polar surface area (TPSA) is 0 Å². The molecule has 0 heterocycles. The van der Waals surface area contributed by atoms with Crippen molar-refractivity contribution < 1.29 is 0 Å². The normalized spacial score (nSPS) is 62.5. The Bertz CT molecular complexity index is 194. The third kappa shape index (κ3) is 0.791. The summed E-state index contributed by atoms with van der Waals surface area (Å²) in [6, 6.07) is 0. The molecule has 0 aromatic carbocycles. The smallest absolute Gasteiger partial charge is 0.0326 e. The molecule has 0 saturated heterocycles. The van der Waals surface area contributed by atoms with E-state index in [1.54, 1.807) is 25.7 Å². The fourth-order valence-electron chi connectivity index (χ4n) is 4.61. The van der Waals surface area contributed by atoms with Crippen LogP contribution >= 0.6 is 0 Å². The molecular weight excluding hydrogens is 144 g/mol. The standard InChI is InChI=1S/C12H20/c1-7-3-9-5-8(2)11-6-10(4-7)12(9)11/h7-12H,3-6H2,1-2H3/t7-,8-,9?,10+,11?,12?/m0/s1. The summed E-state index contributed by atoms with van der Waals surface area (Å²) in [7, 11) is 0. The molecule has 3 saturated carbocycles. The molecule has 0 aliphatic heterocycles. The second-order valence-electron chi connectivity index (χ2n) is 5.79. The first-order valence-electron chi connectivity index (χ1n) is 5.75. The second-order valence-corrected chi connectivity index (χ2v) is 5.79. The molecular formula is C12H20. The summed E-state index contributed by atoms with van der Waals surface area (Å²) >= 11 is 0. The molecule has 0 nitrogen and oxygen atoms in total. The Labute approximate surface area is 75.7 Å². The molecule has 0 bridgehead atoms. The fraction of sp³-hybridized carbons (Fsp3) is 1.00. The first-order valence-corrected chi connectivity index (χ1v) is 5.75. The van der Waals surface area contributed by atoms with E-state index in [2.05, 4.69) is 13.8 Å². The first kappa shape index (κ1) is 7.41. The average molecular weight is 164 g/mol. The number of hydrogen-bond donors (Lipinski definition) is 0. The van der Waals surface area contributed by atoms with Crippen LogP contribution in [0.15, 0.2) is 0 Å². The van der Waals surface area contributed by atoms with Crippen molar-refractivity contribution in [1.29, 1.82) is 0 Å². The molecule has 0 aromatic rings. The SMILES string of the molecule is C[C@H]1CC2C[C@H](C)C3C[C@@H](C1)C23. The predicted octanol–water partition coefficient (Wildman–Crippen LogP) is 3.32. The van der Waals surface area contributed by atoms with E-state index < -0.39 is 0 Å². The van der Waals surface area contributed by atoms with Gasteiger partial charge in [0.15, 0.2) is 0 Å². The molecule has 0 amide bonds. The van der Waals surface area contributed by atoms with Crippen LogP contribution in [0.3, 0.4) is 0 Å². The van der Waals surface area contributed by atoms with Gasteiger partial charge in [-0.1, -0.05) is 13.8 Å². The minimum Gasteiger partial charge on any atom is -0.0625 e. The summed E-state index contributed by atoms with van der Waals surface area (Å²) in [6.45, 7) is 4.95. The molecule has 68 valence electrons. The highest BCUT2D eigenvalue weighted by Crippen LogP contribution is 2.62. The van der Waals surface area contributed by atoms with Crippen LogP contribution in [-0.4, -0.2) is 0 Å². The van der Waals surface area contributed by atoms with Crippen LogP contribution in [0.4, 0.5) is 0 Å². The van der Waals surface area contributed by atoms with Gasteiger partial charge in [-0.25, -0.2) is 0 Å². The van der Waals surface area contributed by atoms with Crippen molar-refractivity contribution >= 4 is 0 Å². The molecule has 0 aromatic heterocycles. The Morgan fingerprint density at radius 3 is 2.25 bits per heavy atom. The van der Waals surface area contributed by atoms with Gasteiger partial charge < -0.3 is 0 Å². The van der Waals surface area contributed by atoms with Crippen molar-refractivity contribution in [2.24, 2.45) is 35.5 Å². The molecule has 0 heteroatoms. The minimum atomic E-state index is 1.04. The number of hydrogen-bond acceptors (Lipinski definition) is 0. The van der Waals surface area contributed by atoms with Crippen molar-refractivity contribution in [3.8, 4) is 0 Å². The van der Waals surface area contributed by atoms with E-state index >= 15 is 0 Å². The van der Waals surface area contributed by atoms with Gasteiger partial charge in [0.1, 0.15) is 0 Å². The molecule has 3 unspecified atom stereocenters. The second kappa shape index (κ2) is 2.27. The molecule has 6 atom stereocenters. The van der Waals surface area contributed by atoms with E-state index in [1.165, 1.54) is 5.92 Å². The molecule has 0 radical (unpaired) electrons. The summed E-state index contributed by atoms with van der Waals surface area (Å²) < 4.78 is 0. The monoisotopic (exact) mass is 164 g/mol. The van der Waals surface area contributed by atoms with E-state index in [-0.39, 0.29) is 0 Å². The first-order chi connectivity index (χ1) is 5.75. The van der Waals surface area contributed by atoms with Gasteiger partial charge in [0.05, 0.1) is 0 Å². The summed E-state index contributed by atoms with van der Waals surface area (Å²) in [4.78, 5) is 0. The van der Waals surface area contributed by atoms with Gasteiger partial charge in [-0.05, 0) is 61.2 Å².